The summed E-state index contributed by atoms with van der Waals surface area (Å²) in [5.41, 5.74) is 6.74. The van der Waals surface area contributed by atoms with E-state index in [1.807, 2.05) is 66.4 Å². The summed E-state index contributed by atoms with van der Waals surface area (Å²) in [4.78, 5) is 2.95. The van der Waals surface area contributed by atoms with E-state index >= 15 is 0 Å². The summed E-state index contributed by atoms with van der Waals surface area (Å²) in [7, 11) is -3.45. The minimum atomic E-state index is -3.45. The van der Waals surface area contributed by atoms with Crippen molar-refractivity contribution in [3.05, 3.63) is 192 Å². The average Bonchev–Trinajstić information content (AvgIpc) is 3.66. The quantitative estimate of drug-likeness (QED) is 0.0903. The van der Waals surface area contributed by atoms with Gasteiger partial charge in [0.1, 0.15) is 18.2 Å². The standard InChI is InChI=1S/C44H42N2O3S2/c47-51(48,43-27-23-37(24-28-43)36-13-5-1-6-14-36)33-45-29-30-49-41-25-21-35(22-26-41)31-42-32-46(34-50-42)44(38-15-7-2-8-16-38,39-17-9-3-10-18-39)40-19-11-4-12-20-40/h1-28,42,45H,29-34H2. The Morgan fingerprint density at radius 2 is 1.16 bits per heavy atom. The van der Waals surface area contributed by atoms with Gasteiger partial charge in [-0.25, -0.2) is 8.42 Å². The summed E-state index contributed by atoms with van der Waals surface area (Å²) in [6.45, 7) is 1.74. The SMILES string of the molecule is O=S(=O)(CNCCOc1ccc(CC2CN(C(c3ccccc3)(c3ccccc3)c3ccccc3)CS2)cc1)c1ccc(-c2ccccc2)cc1. The lowest BCUT2D eigenvalue weighted by Crippen LogP contribution is -2.47. The number of nitrogens with one attached hydrogen (secondary N) is 1. The molecular weight excluding hydrogens is 669 g/mol. The molecule has 1 atom stereocenters. The van der Waals surface area contributed by atoms with Crippen LogP contribution in [0.1, 0.15) is 22.3 Å². The molecule has 6 aromatic rings. The Hall–Kier alpha value is -4.66. The number of rotatable bonds is 14. The topological polar surface area (TPSA) is 58.6 Å². The Labute approximate surface area is 306 Å². The predicted molar refractivity (Wildman–Crippen MR) is 210 cm³/mol. The van der Waals surface area contributed by atoms with Crippen LogP contribution in [-0.4, -0.2) is 50.0 Å². The zero-order valence-corrected chi connectivity index (χ0v) is 30.1. The lowest BCUT2D eigenvalue weighted by Gasteiger charge is -2.43. The monoisotopic (exact) mass is 710 g/mol. The first-order chi connectivity index (χ1) is 25.0. The molecule has 1 N–H and O–H groups in total. The zero-order chi connectivity index (χ0) is 34.9. The van der Waals surface area contributed by atoms with Gasteiger partial charge in [0.05, 0.1) is 10.4 Å². The Morgan fingerprint density at radius 3 is 1.71 bits per heavy atom. The van der Waals surface area contributed by atoms with Crippen LogP contribution < -0.4 is 10.1 Å². The van der Waals surface area contributed by atoms with E-state index < -0.39 is 15.4 Å². The lowest BCUT2D eigenvalue weighted by atomic mass is 9.75. The van der Waals surface area contributed by atoms with Crippen molar-refractivity contribution < 1.29 is 13.2 Å². The number of ether oxygens (including phenoxy) is 1. The smallest absolute Gasteiger partial charge is 0.191 e. The highest BCUT2D eigenvalue weighted by Gasteiger charge is 2.45. The zero-order valence-electron chi connectivity index (χ0n) is 28.5. The van der Waals surface area contributed by atoms with Gasteiger partial charge in [-0.05, 0) is 64.1 Å². The summed E-state index contributed by atoms with van der Waals surface area (Å²) < 4.78 is 31.7. The van der Waals surface area contributed by atoms with E-state index in [-0.39, 0.29) is 5.88 Å². The molecule has 1 fully saturated rings. The van der Waals surface area contributed by atoms with E-state index in [2.05, 4.69) is 113 Å². The first-order valence-corrected chi connectivity index (χ1v) is 20.1. The highest BCUT2D eigenvalue weighted by molar-refractivity contribution is 8.00. The van der Waals surface area contributed by atoms with E-state index in [9.17, 15) is 8.42 Å². The largest absolute Gasteiger partial charge is 0.492 e. The van der Waals surface area contributed by atoms with E-state index in [0.29, 0.717) is 23.3 Å². The molecule has 0 amide bonds. The predicted octanol–water partition coefficient (Wildman–Crippen LogP) is 8.66. The van der Waals surface area contributed by atoms with Crippen LogP contribution >= 0.6 is 11.8 Å². The fourth-order valence-corrected chi connectivity index (χ4v) is 9.41. The van der Waals surface area contributed by atoms with Crippen molar-refractivity contribution in [3.63, 3.8) is 0 Å². The third-order valence-corrected chi connectivity index (χ3v) is 12.3. The maximum atomic E-state index is 12.9. The molecule has 0 spiro atoms. The summed E-state index contributed by atoms with van der Waals surface area (Å²) in [5, 5.41) is 3.47. The number of hydrogen-bond donors (Lipinski definition) is 1. The van der Waals surface area contributed by atoms with Crippen LogP contribution in [0.2, 0.25) is 0 Å². The fraction of sp³-hybridized carbons (Fsp3) is 0.182. The molecule has 0 radical (unpaired) electrons. The molecule has 1 aliphatic rings. The van der Waals surface area contributed by atoms with Crippen molar-refractivity contribution >= 4 is 21.6 Å². The lowest BCUT2D eigenvalue weighted by molar-refractivity contribution is 0.202. The summed E-state index contributed by atoms with van der Waals surface area (Å²) in [6.07, 6.45) is 0.960. The van der Waals surface area contributed by atoms with E-state index in [4.69, 9.17) is 4.74 Å². The van der Waals surface area contributed by atoms with Gasteiger partial charge >= 0.3 is 0 Å². The van der Waals surface area contributed by atoms with E-state index in [1.54, 1.807) is 12.1 Å². The minimum absolute atomic E-state index is 0.143. The highest BCUT2D eigenvalue weighted by atomic mass is 32.2. The Balaban J connectivity index is 0.938. The Morgan fingerprint density at radius 1 is 0.647 bits per heavy atom. The van der Waals surface area contributed by atoms with E-state index in [0.717, 1.165) is 35.7 Å². The first kappa shape index (κ1) is 34.8. The molecule has 7 heteroatoms. The number of nitrogens with zero attached hydrogens (tertiary/aromatic N) is 1. The van der Waals surface area contributed by atoms with Crippen molar-refractivity contribution in [2.45, 2.75) is 22.1 Å². The van der Waals surface area contributed by atoms with Gasteiger partial charge in [-0.3, -0.25) is 10.2 Å². The molecule has 1 heterocycles. The molecule has 0 saturated carbocycles. The van der Waals surface area contributed by atoms with Gasteiger partial charge in [-0.2, -0.15) is 0 Å². The molecule has 258 valence electrons. The van der Waals surface area contributed by atoms with Gasteiger partial charge in [0, 0.05) is 24.2 Å². The number of thioether (sulfide) groups is 1. The van der Waals surface area contributed by atoms with Crippen LogP contribution in [-0.2, 0) is 21.8 Å². The summed E-state index contributed by atoms with van der Waals surface area (Å²) in [5.74, 6) is 1.56. The van der Waals surface area contributed by atoms with Crippen LogP contribution in [0.25, 0.3) is 11.1 Å². The molecule has 0 bridgehead atoms. The van der Waals surface area contributed by atoms with Crippen LogP contribution in [0.5, 0.6) is 5.75 Å². The van der Waals surface area contributed by atoms with Crippen LogP contribution in [0.4, 0.5) is 0 Å². The fourth-order valence-electron chi connectivity index (χ4n) is 6.99. The highest BCUT2D eigenvalue weighted by Crippen LogP contribution is 2.46. The third kappa shape index (κ3) is 7.97. The second kappa shape index (κ2) is 16.1. The normalized spacial score (nSPS) is 15.1. The van der Waals surface area contributed by atoms with Crippen LogP contribution in [0.15, 0.2) is 175 Å². The van der Waals surface area contributed by atoms with E-state index in [1.165, 1.54) is 22.3 Å². The molecule has 0 aliphatic carbocycles. The molecule has 0 aromatic heterocycles. The van der Waals surface area contributed by atoms with Gasteiger partial charge in [0.25, 0.3) is 0 Å². The summed E-state index contributed by atoms with van der Waals surface area (Å²) in [6, 6.07) is 58.0. The van der Waals surface area contributed by atoms with Crippen LogP contribution in [0.3, 0.4) is 0 Å². The van der Waals surface area contributed by atoms with Gasteiger partial charge in [0.2, 0.25) is 0 Å². The van der Waals surface area contributed by atoms with Crippen molar-refractivity contribution in [1.82, 2.24) is 10.2 Å². The van der Waals surface area contributed by atoms with Crippen molar-refractivity contribution in [1.29, 1.82) is 0 Å². The Bertz CT molecular complexity index is 1980. The van der Waals surface area contributed by atoms with Gasteiger partial charge < -0.3 is 4.74 Å². The molecule has 6 aromatic carbocycles. The maximum absolute atomic E-state index is 12.9. The second-order valence-electron chi connectivity index (χ2n) is 12.8. The summed E-state index contributed by atoms with van der Waals surface area (Å²) >= 11 is 2.02. The number of sulfone groups is 1. The van der Waals surface area contributed by atoms with Gasteiger partial charge in [-0.1, -0.05) is 146 Å². The van der Waals surface area contributed by atoms with Crippen molar-refractivity contribution in [2.24, 2.45) is 0 Å². The third-order valence-electron chi connectivity index (χ3n) is 9.49. The molecule has 51 heavy (non-hydrogen) atoms. The average molecular weight is 711 g/mol. The molecule has 1 aliphatic heterocycles. The molecule has 7 rings (SSSR count). The molecule has 1 unspecified atom stereocenters. The van der Waals surface area contributed by atoms with Gasteiger partial charge in [-0.15, -0.1) is 11.8 Å². The second-order valence-corrected chi connectivity index (χ2v) is 16.0. The van der Waals surface area contributed by atoms with Gasteiger partial charge in [0.15, 0.2) is 9.84 Å². The molecule has 1 saturated heterocycles. The number of hydrogen-bond acceptors (Lipinski definition) is 6. The molecular formula is C44H42N2O3S2. The van der Waals surface area contributed by atoms with Crippen LogP contribution in [0, 0.1) is 0 Å². The molecule has 5 nitrogen and oxygen atoms in total. The minimum Gasteiger partial charge on any atom is -0.492 e. The Kier molecular flexibility index (Phi) is 11.0. The number of benzene rings is 6. The maximum Gasteiger partial charge on any atom is 0.191 e. The van der Waals surface area contributed by atoms with Crippen molar-refractivity contribution in [3.8, 4) is 16.9 Å². The van der Waals surface area contributed by atoms with Crippen molar-refractivity contribution in [2.75, 3.05) is 31.4 Å². The first-order valence-electron chi connectivity index (χ1n) is 17.4.